The van der Waals surface area contributed by atoms with Crippen molar-refractivity contribution in [1.82, 2.24) is 10.4 Å². The van der Waals surface area contributed by atoms with E-state index < -0.39 is 11.5 Å². The highest BCUT2D eigenvalue weighted by atomic mass is 16.5. The number of hydrogen-bond donors (Lipinski definition) is 2. The molecular weight excluding hydrogens is 368 g/mol. The number of benzene rings is 2. The van der Waals surface area contributed by atoms with Gasteiger partial charge in [0.15, 0.2) is 5.78 Å². The monoisotopic (exact) mass is 392 g/mol. The van der Waals surface area contributed by atoms with Gasteiger partial charge in [-0.25, -0.2) is 5.48 Å². The molecule has 2 aliphatic rings. The van der Waals surface area contributed by atoms with Crippen LogP contribution in [-0.2, 0) is 11.3 Å². The first-order valence-electron chi connectivity index (χ1n) is 9.82. The zero-order valence-corrected chi connectivity index (χ0v) is 16.1. The van der Waals surface area contributed by atoms with Crippen LogP contribution in [0.4, 0.5) is 0 Å². The minimum atomic E-state index is -0.620. The molecule has 2 aliphatic heterocycles. The van der Waals surface area contributed by atoms with Gasteiger partial charge in [0.2, 0.25) is 0 Å². The summed E-state index contributed by atoms with van der Waals surface area (Å²) in [7, 11) is 0. The highest BCUT2D eigenvalue weighted by molar-refractivity contribution is 6.01. The van der Waals surface area contributed by atoms with Crippen molar-refractivity contribution < 1.29 is 19.5 Å². The van der Waals surface area contributed by atoms with Gasteiger partial charge in [-0.15, -0.1) is 0 Å². The van der Waals surface area contributed by atoms with Crippen molar-refractivity contribution in [1.29, 1.82) is 0 Å². The van der Waals surface area contributed by atoms with E-state index in [4.69, 9.17) is 9.94 Å². The van der Waals surface area contributed by atoms with Crippen LogP contribution in [0.25, 0.3) is 6.08 Å². The van der Waals surface area contributed by atoms with E-state index in [1.807, 2.05) is 18.2 Å². The summed E-state index contributed by atoms with van der Waals surface area (Å²) in [6.07, 6.45) is 4.97. The third kappa shape index (κ3) is 4.39. The molecule has 4 rings (SSSR count). The van der Waals surface area contributed by atoms with Crippen LogP contribution in [0.2, 0.25) is 0 Å². The molecule has 2 aromatic rings. The molecule has 0 aliphatic carbocycles. The van der Waals surface area contributed by atoms with Crippen LogP contribution in [-0.4, -0.2) is 40.5 Å². The minimum Gasteiger partial charge on any atom is -0.485 e. The number of nitrogens with one attached hydrogen (secondary N) is 1. The van der Waals surface area contributed by atoms with Gasteiger partial charge in [0, 0.05) is 19.2 Å². The molecule has 6 heteroatoms. The number of ether oxygens (including phenoxy) is 1. The fraction of sp³-hybridized carbons (Fsp3) is 0.304. The Labute approximate surface area is 169 Å². The van der Waals surface area contributed by atoms with Crippen LogP contribution >= 0.6 is 0 Å². The molecule has 1 unspecified atom stereocenters. The second-order valence-electron chi connectivity index (χ2n) is 7.75. The van der Waals surface area contributed by atoms with Gasteiger partial charge in [-0.1, -0.05) is 36.4 Å². The Morgan fingerprint density at radius 2 is 2.07 bits per heavy atom. The van der Waals surface area contributed by atoms with Crippen LogP contribution in [0.1, 0.15) is 40.7 Å². The molecule has 0 saturated carbocycles. The zero-order valence-electron chi connectivity index (χ0n) is 16.1. The van der Waals surface area contributed by atoms with Gasteiger partial charge in [-0.2, -0.15) is 0 Å². The fourth-order valence-corrected chi connectivity index (χ4v) is 4.22. The molecule has 1 atom stereocenters. The molecule has 2 aromatic carbocycles. The molecule has 1 saturated heterocycles. The lowest BCUT2D eigenvalue weighted by Gasteiger charge is -2.45. The number of ketones is 1. The zero-order chi connectivity index (χ0) is 20.3. The summed E-state index contributed by atoms with van der Waals surface area (Å²) in [5, 5.41) is 8.57. The molecule has 0 aromatic heterocycles. The number of fused-ring (bicyclic) bond motifs is 1. The SMILES string of the molecule is O=C(C=Cc1ccc2c(c1)C(=O)CC1(CCCN(Cc3ccccc3)C1)O2)NO. The summed E-state index contributed by atoms with van der Waals surface area (Å²) in [4.78, 5) is 26.4. The van der Waals surface area contributed by atoms with Gasteiger partial charge < -0.3 is 4.74 Å². The normalized spacial score (nSPS) is 21.8. The Morgan fingerprint density at radius 3 is 2.86 bits per heavy atom. The molecule has 150 valence electrons. The Balaban J connectivity index is 1.51. The first kappa shape index (κ1) is 19.4. The average Bonchev–Trinajstić information content (AvgIpc) is 2.73. The molecule has 0 bridgehead atoms. The lowest BCUT2D eigenvalue weighted by atomic mass is 9.83. The number of carbonyl (C=O) groups excluding carboxylic acids is 2. The minimum absolute atomic E-state index is 0.0645. The topological polar surface area (TPSA) is 78.9 Å². The number of carbonyl (C=O) groups is 2. The van der Waals surface area contributed by atoms with E-state index in [2.05, 4.69) is 17.0 Å². The number of nitrogens with zero attached hydrogens (tertiary/aromatic N) is 1. The lowest BCUT2D eigenvalue weighted by Crippen LogP contribution is -2.54. The van der Waals surface area contributed by atoms with Crippen LogP contribution in [0.3, 0.4) is 0 Å². The number of likely N-dealkylation sites (tertiary alicyclic amines) is 1. The van der Waals surface area contributed by atoms with E-state index in [9.17, 15) is 9.59 Å². The van der Waals surface area contributed by atoms with E-state index in [1.165, 1.54) is 11.6 Å². The predicted octanol–water partition coefficient (Wildman–Crippen LogP) is 3.21. The maximum Gasteiger partial charge on any atom is 0.267 e. The van der Waals surface area contributed by atoms with E-state index >= 15 is 0 Å². The van der Waals surface area contributed by atoms with Crippen LogP contribution in [0.5, 0.6) is 5.75 Å². The van der Waals surface area contributed by atoms with E-state index in [0.717, 1.165) is 32.5 Å². The second-order valence-corrected chi connectivity index (χ2v) is 7.75. The third-order valence-electron chi connectivity index (χ3n) is 5.52. The van der Waals surface area contributed by atoms with Crippen LogP contribution in [0.15, 0.2) is 54.6 Å². The summed E-state index contributed by atoms with van der Waals surface area (Å²) in [5.41, 5.74) is 3.57. The second kappa shape index (κ2) is 8.19. The van der Waals surface area contributed by atoms with Crippen molar-refractivity contribution in [3.05, 3.63) is 71.3 Å². The largest absolute Gasteiger partial charge is 0.485 e. The van der Waals surface area contributed by atoms with Gasteiger partial charge >= 0.3 is 0 Å². The average molecular weight is 392 g/mol. The molecule has 1 fully saturated rings. The maximum absolute atomic E-state index is 12.9. The first-order valence-corrected chi connectivity index (χ1v) is 9.82. The Kier molecular flexibility index (Phi) is 5.47. The number of hydroxylamine groups is 1. The number of rotatable bonds is 4. The molecule has 1 spiro atoms. The maximum atomic E-state index is 12.9. The molecule has 6 nitrogen and oxygen atoms in total. The summed E-state index contributed by atoms with van der Waals surface area (Å²) in [6.45, 7) is 2.58. The summed E-state index contributed by atoms with van der Waals surface area (Å²) in [6, 6.07) is 15.7. The van der Waals surface area contributed by atoms with E-state index in [1.54, 1.807) is 29.8 Å². The predicted molar refractivity (Wildman–Crippen MR) is 109 cm³/mol. The van der Waals surface area contributed by atoms with Crippen molar-refractivity contribution in [3.8, 4) is 5.75 Å². The smallest absolute Gasteiger partial charge is 0.267 e. The molecule has 2 N–H and O–H groups in total. The number of amides is 1. The fourth-order valence-electron chi connectivity index (χ4n) is 4.22. The molecule has 29 heavy (non-hydrogen) atoms. The highest BCUT2D eigenvalue weighted by Gasteiger charge is 2.43. The van der Waals surface area contributed by atoms with Crippen LogP contribution < -0.4 is 10.2 Å². The summed E-state index contributed by atoms with van der Waals surface area (Å²) in [5.74, 6) is 0.0474. The standard InChI is InChI=1S/C23H24N2O4/c26-20-14-23(11-4-12-25(16-23)15-18-5-2-1-3-6-18)29-21-9-7-17(13-19(20)21)8-10-22(27)24-28/h1-3,5-10,13,28H,4,11-12,14-16H2,(H,24,27). The van der Waals surface area contributed by atoms with Crippen molar-refractivity contribution in [2.75, 3.05) is 13.1 Å². The van der Waals surface area contributed by atoms with Gasteiger partial charge in [-0.3, -0.25) is 19.7 Å². The Hall–Kier alpha value is -2.96. The van der Waals surface area contributed by atoms with E-state index in [-0.39, 0.29) is 5.78 Å². The van der Waals surface area contributed by atoms with Gasteiger partial charge in [0.05, 0.1) is 12.0 Å². The third-order valence-corrected chi connectivity index (χ3v) is 5.52. The Morgan fingerprint density at radius 1 is 1.24 bits per heavy atom. The summed E-state index contributed by atoms with van der Waals surface area (Å²) < 4.78 is 6.39. The Bertz CT molecular complexity index is 941. The molecule has 2 heterocycles. The van der Waals surface area contributed by atoms with Crippen LogP contribution in [0, 0.1) is 0 Å². The van der Waals surface area contributed by atoms with Gasteiger partial charge in [-0.05, 0) is 48.7 Å². The number of piperidine rings is 1. The molecular formula is C23H24N2O4. The molecule has 0 radical (unpaired) electrons. The first-order chi connectivity index (χ1) is 14.1. The molecule has 1 amide bonds. The quantitative estimate of drug-likeness (QED) is 0.475. The highest BCUT2D eigenvalue weighted by Crippen LogP contribution is 2.39. The van der Waals surface area contributed by atoms with Crippen molar-refractivity contribution in [3.63, 3.8) is 0 Å². The van der Waals surface area contributed by atoms with Gasteiger partial charge in [0.1, 0.15) is 11.4 Å². The van der Waals surface area contributed by atoms with Crippen molar-refractivity contribution in [2.45, 2.75) is 31.4 Å². The van der Waals surface area contributed by atoms with Gasteiger partial charge in [0.25, 0.3) is 5.91 Å². The number of Topliss-reactive ketones (excluding diaryl/α,β-unsaturated/α-hetero) is 1. The summed E-state index contributed by atoms with van der Waals surface area (Å²) >= 11 is 0. The van der Waals surface area contributed by atoms with Crippen molar-refractivity contribution in [2.24, 2.45) is 0 Å². The van der Waals surface area contributed by atoms with E-state index in [0.29, 0.717) is 23.3 Å². The van der Waals surface area contributed by atoms with Crippen molar-refractivity contribution >= 4 is 17.8 Å². The number of hydrogen-bond acceptors (Lipinski definition) is 5. The lowest BCUT2D eigenvalue weighted by molar-refractivity contribution is -0.124.